The van der Waals surface area contributed by atoms with Gasteiger partial charge in [0, 0.05) is 45.8 Å². The summed E-state index contributed by atoms with van der Waals surface area (Å²) in [6.45, 7) is 5.30. The van der Waals surface area contributed by atoms with Gasteiger partial charge in [-0.1, -0.05) is 0 Å². The molecule has 1 aliphatic heterocycles. The average molecular weight is 259 g/mol. The van der Waals surface area contributed by atoms with E-state index in [1.54, 1.807) is 7.11 Å². The van der Waals surface area contributed by atoms with Crippen LogP contribution in [-0.2, 0) is 14.3 Å². The Labute approximate surface area is 109 Å². The average Bonchev–Trinajstić information content (AvgIpc) is 2.37. The summed E-state index contributed by atoms with van der Waals surface area (Å²) in [6, 6.07) is 0.157. The van der Waals surface area contributed by atoms with E-state index in [0.717, 1.165) is 26.2 Å². The van der Waals surface area contributed by atoms with E-state index in [1.165, 1.54) is 0 Å². The van der Waals surface area contributed by atoms with Crippen LogP contribution in [-0.4, -0.2) is 77.0 Å². The van der Waals surface area contributed by atoms with Crippen molar-refractivity contribution in [1.29, 1.82) is 0 Å². The number of ether oxygens (including phenoxy) is 2. The molecule has 0 aromatic rings. The smallest absolute Gasteiger partial charge is 0.221 e. The molecule has 6 heteroatoms. The zero-order valence-corrected chi connectivity index (χ0v) is 11.4. The maximum absolute atomic E-state index is 11.7. The van der Waals surface area contributed by atoms with E-state index >= 15 is 0 Å². The number of hydrogen-bond acceptors (Lipinski definition) is 5. The van der Waals surface area contributed by atoms with Crippen molar-refractivity contribution < 1.29 is 14.3 Å². The van der Waals surface area contributed by atoms with Crippen LogP contribution in [0.3, 0.4) is 0 Å². The van der Waals surface area contributed by atoms with Crippen LogP contribution in [0, 0.1) is 0 Å². The number of methoxy groups -OCH3 is 1. The molecule has 1 aliphatic rings. The number of nitrogens with zero attached hydrogens (tertiary/aromatic N) is 1. The van der Waals surface area contributed by atoms with Gasteiger partial charge in [0.15, 0.2) is 0 Å². The summed E-state index contributed by atoms with van der Waals surface area (Å²) >= 11 is 0. The molecule has 0 radical (unpaired) electrons. The number of nitrogens with one attached hydrogen (secondary N) is 2. The van der Waals surface area contributed by atoms with E-state index in [-0.39, 0.29) is 11.9 Å². The summed E-state index contributed by atoms with van der Waals surface area (Å²) in [6.07, 6.45) is 0.488. The first-order valence-electron chi connectivity index (χ1n) is 6.47. The standard InChI is InChI=1S/C12H25N3O3/c1-15(6-8-17-2)5-3-14-12(16)9-11-10-18-7-4-13-11/h11,13H,3-10H2,1-2H3,(H,14,16). The third-order valence-electron chi connectivity index (χ3n) is 2.92. The van der Waals surface area contributed by atoms with Crippen molar-refractivity contribution in [2.45, 2.75) is 12.5 Å². The van der Waals surface area contributed by atoms with Gasteiger partial charge in [-0.15, -0.1) is 0 Å². The third-order valence-corrected chi connectivity index (χ3v) is 2.92. The largest absolute Gasteiger partial charge is 0.383 e. The Bertz CT molecular complexity index is 233. The predicted molar refractivity (Wildman–Crippen MR) is 69.6 cm³/mol. The van der Waals surface area contributed by atoms with Crippen LogP contribution in [0.15, 0.2) is 0 Å². The molecule has 1 fully saturated rings. The molecule has 106 valence electrons. The lowest BCUT2D eigenvalue weighted by molar-refractivity contribution is -0.122. The topological polar surface area (TPSA) is 62.8 Å². The van der Waals surface area contributed by atoms with Gasteiger partial charge in [-0.05, 0) is 7.05 Å². The summed E-state index contributed by atoms with van der Waals surface area (Å²) in [4.78, 5) is 13.8. The molecule has 0 aromatic carbocycles. The molecule has 0 aromatic heterocycles. The summed E-state index contributed by atoms with van der Waals surface area (Å²) < 4.78 is 10.3. The van der Waals surface area contributed by atoms with E-state index in [4.69, 9.17) is 9.47 Å². The number of amides is 1. The lowest BCUT2D eigenvalue weighted by Gasteiger charge is -2.23. The predicted octanol–water partition coefficient (Wildman–Crippen LogP) is -0.941. The molecule has 1 rings (SSSR count). The van der Waals surface area contributed by atoms with E-state index in [0.29, 0.717) is 26.2 Å². The van der Waals surface area contributed by atoms with Crippen LogP contribution in [0.1, 0.15) is 6.42 Å². The summed E-state index contributed by atoms with van der Waals surface area (Å²) in [5.74, 6) is 0.0816. The minimum atomic E-state index is 0.0816. The van der Waals surface area contributed by atoms with Crippen molar-refractivity contribution in [1.82, 2.24) is 15.5 Å². The maximum atomic E-state index is 11.7. The second kappa shape index (κ2) is 9.27. The fourth-order valence-corrected chi connectivity index (χ4v) is 1.79. The Balaban J connectivity index is 2.02. The van der Waals surface area contributed by atoms with Gasteiger partial charge in [0.25, 0.3) is 0 Å². The summed E-state index contributed by atoms with van der Waals surface area (Å²) in [5, 5.41) is 6.18. The van der Waals surface area contributed by atoms with E-state index in [9.17, 15) is 4.79 Å². The molecule has 2 N–H and O–H groups in total. The van der Waals surface area contributed by atoms with Crippen molar-refractivity contribution in [3.05, 3.63) is 0 Å². The quantitative estimate of drug-likeness (QED) is 0.589. The second-order valence-corrected chi connectivity index (χ2v) is 4.58. The lowest BCUT2D eigenvalue weighted by Crippen LogP contribution is -2.45. The van der Waals surface area contributed by atoms with Gasteiger partial charge < -0.3 is 25.0 Å². The number of carbonyl (C=O) groups is 1. The van der Waals surface area contributed by atoms with Crippen molar-refractivity contribution in [2.24, 2.45) is 0 Å². The van der Waals surface area contributed by atoms with Crippen molar-refractivity contribution >= 4 is 5.91 Å². The zero-order valence-electron chi connectivity index (χ0n) is 11.4. The Morgan fingerprint density at radius 2 is 2.39 bits per heavy atom. The number of carbonyl (C=O) groups excluding carboxylic acids is 1. The van der Waals surface area contributed by atoms with Gasteiger partial charge in [-0.3, -0.25) is 4.79 Å². The first-order valence-corrected chi connectivity index (χ1v) is 6.47. The first-order chi connectivity index (χ1) is 8.72. The van der Waals surface area contributed by atoms with Gasteiger partial charge >= 0.3 is 0 Å². The van der Waals surface area contributed by atoms with Gasteiger partial charge in [-0.25, -0.2) is 0 Å². The van der Waals surface area contributed by atoms with Crippen LogP contribution in [0.25, 0.3) is 0 Å². The van der Waals surface area contributed by atoms with Crippen LogP contribution in [0.4, 0.5) is 0 Å². The van der Waals surface area contributed by atoms with E-state index < -0.39 is 0 Å². The highest BCUT2D eigenvalue weighted by molar-refractivity contribution is 5.76. The number of rotatable bonds is 8. The summed E-state index contributed by atoms with van der Waals surface area (Å²) in [5.41, 5.74) is 0. The zero-order chi connectivity index (χ0) is 13.2. The molecule has 1 heterocycles. The molecule has 0 bridgehead atoms. The fourth-order valence-electron chi connectivity index (χ4n) is 1.79. The normalized spacial score (nSPS) is 20.1. The van der Waals surface area contributed by atoms with E-state index in [1.807, 2.05) is 7.05 Å². The first kappa shape index (κ1) is 15.4. The van der Waals surface area contributed by atoms with Crippen LogP contribution in [0.5, 0.6) is 0 Å². The number of hydrogen-bond donors (Lipinski definition) is 2. The molecule has 0 spiro atoms. The van der Waals surface area contributed by atoms with Crippen LogP contribution < -0.4 is 10.6 Å². The number of morpholine rings is 1. The minimum Gasteiger partial charge on any atom is -0.383 e. The monoisotopic (exact) mass is 259 g/mol. The minimum absolute atomic E-state index is 0.0816. The molecule has 1 unspecified atom stereocenters. The molecule has 1 saturated heterocycles. The van der Waals surface area contributed by atoms with Gasteiger partial charge in [0.2, 0.25) is 5.91 Å². The maximum Gasteiger partial charge on any atom is 0.221 e. The van der Waals surface area contributed by atoms with Crippen LogP contribution >= 0.6 is 0 Å². The van der Waals surface area contributed by atoms with Crippen LogP contribution in [0.2, 0.25) is 0 Å². The highest BCUT2D eigenvalue weighted by Crippen LogP contribution is 1.97. The molecule has 1 amide bonds. The molecule has 6 nitrogen and oxygen atoms in total. The second-order valence-electron chi connectivity index (χ2n) is 4.58. The van der Waals surface area contributed by atoms with Gasteiger partial charge in [0.05, 0.1) is 19.8 Å². The van der Waals surface area contributed by atoms with Crippen molar-refractivity contribution in [3.63, 3.8) is 0 Å². The Morgan fingerprint density at radius 1 is 1.56 bits per heavy atom. The molecule has 0 saturated carbocycles. The van der Waals surface area contributed by atoms with Gasteiger partial charge in [-0.2, -0.15) is 0 Å². The molecular formula is C12H25N3O3. The number of likely N-dealkylation sites (N-methyl/N-ethyl adjacent to an activating group) is 1. The highest BCUT2D eigenvalue weighted by atomic mass is 16.5. The van der Waals surface area contributed by atoms with Crippen molar-refractivity contribution in [3.8, 4) is 0 Å². The van der Waals surface area contributed by atoms with E-state index in [2.05, 4.69) is 15.5 Å². The Kier molecular flexibility index (Phi) is 7.91. The Hall–Kier alpha value is -0.690. The fraction of sp³-hybridized carbons (Fsp3) is 0.917. The summed E-state index contributed by atoms with van der Waals surface area (Å²) in [7, 11) is 3.70. The lowest BCUT2D eigenvalue weighted by atomic mass is 10.2. The molecule has 0 aliphatic carbocycles. The van der Waals surface area contributed by atoms with Gasteiger partial charge in [0.1, 0.15) is 0 Å². The highest BCUT2D eigenvalue weighted by Gasteiger charge is 2.16. The molecular weight excluding hydrogens is 234 g/mol. The molecule has 18 heavy (non-hydrogen) atoms. The Morgan fingerprint density at radius 3 is 3.06 bits per heavy atom. The van der Waals surface area contributed by atoms with Crippen molar-refractivity contribution in [2.75, 3.05) is 60.2 Å². The SMILES string of the molecule is COCCN(C)CCNC(=O)CC1COCCN1. The molecule has 1 atom stereocenters. The third kappa shape index (κ3) is 6.90.